The van der Waals surface area contributed by atoms with E-state index in [0.717, 1.165) is 12.6 Å². The van der Waals surface area contributed by atoms with E-state index in [9.17, 15) is 0 Å². The lowest BCUT2D eigenvalue weighted by molar-refractivity contribution is 0.558. The minimum absolute atomic E-state index is 0.851. The highest BCUT2D eigenvalue weighted by atomic mass is 35.7. The summed E-state index contributed by atoms with van der Waals surface area (Å²) in [5.74, 6) is 0. The Morgan fingerprint density at radius 2 is 1.06 bits per heavy atom. The molecule has 0 saturated heterocycles. The van der Waals surface area contributed by atoms with E-state index < -0.39 is 6.69 Å². The molecule has 0 atom stereocenters. The third-order valence-corrected chi connectivity index (χ3v) is 5.44. The largest absolute Gasteiger partial charge is 0.330 e. The smallest absolute Gasteiger partial charge is 0.248 e. The first kappa shape index (κ1) is 17.8. The SMILES string of the molecule is C[Si](Cl)(Cl)CCCCCCCCCCCCN. The van der Waals surface area contributed by atoms with Crippen LogP contribution in [-0.2, 0) is 0 Å². The highest BCUT2D eigenvalue weighted by Crippen LogP contribution is 2.23. The van der Waals surface area contributed by atoms with E-state index in [1.165, 1.54) is 64.2 Å². The summed E-state index contributed by atoms with van der Waals surface area (Å²) in [7, 11) is 0. The summed E-state index contributed by atoms with van der Waals surface area (Å²) in [6, 6.07) is 1.05. The van der Waals surface area contributed by atoms with Crippen LogP contribution in [0.1, 0.15) is 64.2 Å². The summed E-state index contributed by atoms with van der Waals surface area (Å²) < 4.78 is 0. The van der Waals surface area contributed by atoms with Crippen molar-refractivity contribution in [1.82, 2.24) is 0 Å². The molecule has 0 fully saturated rings. The van der Waals surface area contributed by atoms with Gasteiger partial charge in [-0.1, -0.05) is 57.8 Å². The van der Waals surface area contributed by atoms with E-state index in [-0.39, 0.29) is 0 Å². The second-order valence-electron chi connectivity index (χ2n) is 5.14. The van der Waals surface area contributed by atoms with Gasteiger partial charge in [-0.25, -0.2) is 0 Å². The van der Waals surface area contributed by atoms with Crippen LogP contribution in [0.2, 0.25) is 12.6 Å². The number of nitrogens with two attached hydrogens (primary N) is 1. The average Bonchev–Trinajstić information content (AvgIpc) is 2.24. The third-order valence-electron chi connectivity index (χ3n) is 3.07. The Kier molecular flexibility index (Phi) is 12.4. The van der Waals surface area contributed by atoms with E-state index in [4.69, 9.17) is 27.9 Å². The number of rotatable bonds is 12. The fourth-order valence-electron chi connectivity index (χ4n) is 1.99. The molecule has 0 saturated carbocycles. The molecule has 0 amide bonds. The lowest BCUT2D eigenvalue weighted by Crippen LogP contribution is -2.11. The number of halogens is 2. The van der Waals surface area contributed by atoms with Crippen LogP contribution in [0.3, 0.4) is 0 Å². The monoisotopic (exact) mass is 297 g/mol. The van der Waals surface area contributed by atoms with E-state index in [1.807, 2.05) is 6.55 Å². The maximum atomic E-state index is 6.05. The van der Waals surface area contributed by atoms with Gasteiger partial charge in [0.1, 0.15) is 0 Å². The minimum Gasteiger partial charge on any atom is -0.330 e. The normalized spacial score (nSPS) is 12.0. The van der Waals surface area contributed by atoms with Gasteiger partial charge in [0.25, 0.3) is 0 Å². The van der Waals surface area contributed by atoms with Crippen molar-refractivity contribution in [3.05, 3.63) is 0 Å². The Morgan fingerprint density at radius 3 is 1.41 bits per heavy atom. The van der Waals surface area contributed by atoms with Gasteiger partial charge in [-0.3, -0.25) is 0 Å². The van der Waals surface area contributed by atoms with Gasteiger partial charge in [0.05, 0.1) is 0 Å². The van der Waals surface area contributed by atoms with Crippen LogP contribution in [0.4, 0.5) is 0 Å². The molecule has 0 aliphatic carbocycles. The molecule has 104 valence electrons. The van der Waals surface area contributed by atoms with Crippen LogP contribution in [0, 0.1) is 0 Å². The predicted octanol–water partition coefficient (Wildman–Crippen LogP) is 5.40. The summed E-state index contributed by atoms with van der Waals surface area (Å²) in [5.41, 5.74) is 5.45. The van der Waals surface area contributed by atoms with Crippen molar-refractivity contribution >= 4 is 28.9 Å². The molecule has 0 spiro atoms. The van der Waals surface area contributed by atoms with Crippen LogP contribution in [0.25, 0.3) is 0 Å². The van der Waals surface area contributed by atoms with E-state index in [1.54, 1.807) is 0 Å². The highest BCUT2D eigenvalue weighted by Gasteiger charge is 2.19. The minimum atomic E-state index is -1.82. The Bertz CT molecular complexity index is 160. The van der Waals surface area contributed by atoms with Gasteiger partial charge in [0.15, 0.2) is 0 Å². The average molecular weight is 298 g/mol. The van der Waals surface area contributed by atoms with Crippen LogP contribution in [-0.4, -0.2) is 13.2 Å². The Morgan fingerprint density at radius 1 is 0.706 bits per heavy atom. The van der Waals surface area contributed by atoms with Crippen LogP contribution >= 0.6 is 22.2 Å². The van der Waals surface area contributed by atoms with Crippen LogP contribution in [0.15, 0.2) is 0 Å². The van der Waals surface area contributed by atoms with E-state index in [2.05, 4.69) is 0 Å². The summed E-state index contributed by atoms with van der Waals surface area (Å²) in [4.78, 5) is 0. The molecule has 2 N–H and O–H groups in total. The molecule has 0 aromatic heterocycles. The molecule has 0 aromatic carbocycles. The molecule has 0 bridgehead atoms. The third kappa shape index (κ3) is 16.8. The lowest BCUT2D eigenvalue weighted by Gasteiger charge is -2.09. The molecule has 0 heterocycles. The maximum absolute atomic E-state index is 6.05. The molecule has 4 heteroatoms. The van der Waals surface area contributed by atoms with Crippen LogP contribution < -0.4 is 5.73 Å². The first-order valence-corrected chi connectivity index (χ1v) is 11.9. The predicted molar refractivity (Wildman–Crippen MR) is 83.4 cm³/mol. The lowest BCUT2D eigenvalue weighted by atomic mass is 10.1. The first-order chi connectivity index (χ1) is 8.06. The molecule has 0 rings (SSSR count). The molecule has 0 aromatic rings. The van der Waals surface area contributed by atoms with Gasteiger partial charge >= 0.3 is 0 Å². The van der Waals surface area contributed by atoms with Gasteiger partial charge in [-0.2, -0.15) is 0 Å². The molecule has 0 radical (unpaired) electrons. The van der Waals surface area contributed by atoms with Crippen molar-refractivity contribution < 1.29 is 0 Å². The maximum Gasteiger partial charge on any atom is 0.248 e. The molecule has 0 aliphatic rings. The Labute approximate surface area is 118 Å². The molecular weight excluding hydrogens is 269 g/mol. The second kappa shape index (κ2) is 11.8. The quantitative estimate of drug-likeness (QED) is 0.291. The van der Waals surface area contributed by atoms with Gasteiger partial charge in [-0.15, -0.1) is 22.2 Å². The Hall–Kier alpha value is 0.757. The summed E-state index contributed by atoms with van der Waals surface area (Å²) in [6.45, 7) is 1.04. The zero-order valence-electron chi connectivity index (χ0n) is 11.3. The fourth-order valence-corrected chi connectivity index (χ4v) is 3.67. The summed E-state index contributed by atoms with van der Waals surface area (Å²) in [5, 5.41) is 0. The highest BCUT2D eigenvalue weighted by molar-refractivity contribution is 7.44. The molecule has 1 nitrogen and oxygen atoms in total. The summed E-state index contributed by atoms with van der Waals surface area (Å²) in [6.07, 6.45) is 13.3. The van der Waals surface area contributed by atoms with Crippen molar-refractivity contribution in [1.29, 1.82) is 0 Å². The second-order valence-corrected chi connectivity index (χ2v) is 13.4. The van der Waals surface area contributed by atoms with E-state index in [0.29, 0.717) is 0 Å². The van der Waals surface area contributed by atoms with Crippen molar-refractivity contribution in [2.45, 2.75) is 76.8 Å². The fraction of sp³-hybridized carbons (Fsp3) is 1.00. The number of hydrogen-bond donors (Lipinski definition) is 1. The van der Waals surface area contributed by atoms with Crippen molar-refractivity contribution in [3.63, 3.8) is 0 Å². The standard InChI is InChI=1S/C13H29Cl2NSi/c1-17(14,15)13-11-9-7-5-3-2-4-6-8-10-12-16/h2-13,16H2,1H3. The summed E-state index contributed by atoms with van der Waals surface area (Å²) >= 11 is 12.1. The zero-order chi connectivity index (χ0) is 13.0. The van der Waals surface area contributed by atoms with Gasteiger partial charge < -0.3 is 5.73 Å². The zero-order valence-corrected chi connectivity index (χ0v) is 13.8. The van der Waals surface area contributed by atoms with Crippen molar-refractivity contribution in [2.75, 3.05) is 6.54 Å². The number of hydrogen-bond acceptors (Lipinski definition) is 1. The Balaban J connectivity index is 2.99. The first-order valence-electron chi connectivity index (χ1n) is 7.14. The molecular formula is C13H29Cl2NSi. The van der Waals surface area contributed by atoms with Gasteiger partial charge in [0.2, 0.25) is 6.69 Å². The van der Waals surface area contributed by atoms with Crippen molar-refractivity contribution in [3.8, 4) is 0 Å². The molecule has 0 unspecified atom stereocenters. The van der Waals surface area contributed by atoms with E-state index >= 15 is 0 Å². The molecule has 0 aliphatic heterocycles. The number of unbranched alkanes of at least 4 members (excludes halogenated alkanes) is 9. The topological polar surface area (TPSA) is 26.0 Å². The van der Waals surface area contributed by atoms with Crippen LogP contribution in [0.5, 0.6) is 0 Å². The van der Waals surface area contributed by atoms with Gasteiger partial charge in [0, 0.05) is 0 Å². The molecule has 17 heavy (non-hydrogen) atoms. The van der Waals surface area contributed by atoms with Crippen molar-refractivity contribution in [2.24, 2.45) is 5.73 Å². The van der Waals surface area contributed by atoms with Gasteiger partial charge in [-0.05, 0) is 25.6 Å².